The van der Waals surface area contributed by atoms with E-state index in [4.69, 9.17) is 16.7 Å². The number of nitrogen functional groups attached to an aromatic ring is 1. The molecule has 1 atom stereocenters. The van der Waals surface area contributed by atoms with Gasteiger partial charge in [0.05, 0.1) is 11.6 Å². The molecule has 3 nitrogen and oxygen atoms in total. The van der Waals surface area contributed by atoms with Gasteiger partial charge in [-0.2, -0.15) is 5.26 Å². The standard InChI is InChI=1S/C10H13N3/c1-7(12)4-9-5-8(6-11)2-3-10(9)13/h2-3,5,7H,4,12-13H2,1H3. The molecule has 1 rings (SSSR count). The first-order chi connectivity index (χ1) is 6.13. The van der Waals surface area contributed by atoms with E-state index in [0.717, 1.165) is 5.56 Å². The molecule has 0 fully saturated rings. The number of rotatable bonds is 2. The molecule has 1 unspecified atom stereocenters. The second kappa shape index (κ2) is 3.92. The second-order valence-corrected chi connectivity index (χ2v) is 3.21. The molecule has 0 aromatic heterocycles. The van der Waals surface area contributed by atoms with Gasteiger partial charge in [0.25, 0.3) is 0 Å². The zero-order chi connectivity index (χ0) is 9.84. The largest absolute Gasteiger partial charge is 0.399 e. The van der Waals surface area contributed by atoms with Gasteiger partial charge in [0, 0.05) is 11.7 Å². The van der Waals surface area contributed by atoms with Gasteiger partial charge in [-0.3, -0.25) is 0 Å². The molecular formula is C10H13N3. The Hall–Kier alpha value is -1.53. The van der Waals surface area contributed by atoms with Crippen molar-refractivity contribution in [2.75, 3.05) is 5.73 Å². The fourth-order valence-corrected chi connectivity index (χ4v) is 1.20. The molecule has 0 aliphatic rings. The normalized spacial score (nSPS) is 12.1. The van der Waals surface area contributed by atoms with Crippen LogP contribution in [0.4, 0.5) is 5.69 Å². The van der Waals surface area contributed by atoms with Crippen molar-refractivity contribution in [1.29, 1.82) is 5.26 Å². The summed E-state index contributed by atoms with van der Waals surface area (Å²) in [6.07, 6.45) is 0.710. The third-order valence-electron chi connectivity index (χ3n) is 1.81. The molecule has 0 radical (unpaired) electrons. The van der Waals surface area contributed by atoms with Crippen LogP contribution in [0.1, 0.15) is 18.1 Å². The first kappa shape index (κ1) is 9.56. The van der Waals surface area contributed by atoms with E-state index >= 15 is 0 Å². The Bertz CT molecular complexity index is 337. The lowest BCUT2D eigenvalue weighted by molar-refractivity contribution is 0.739. The van der Waals surface area contributed by atoms with E-state index < -0.39 is 0 Å². The zero-order valence-corrected chi connectivity index (χ0v) is 7.62. The molecule has 4 N–H and O–H groups in total. The molecule has 0 aliphatic carbocycles. The average Bonchev–Trinajstić information content (AvgIpc) is 2.08. The van der Waals surface area contributed by atoms with Crippen molar-refractivity contribution >= 4 is 5.69 Å². The fraction of sp³-hybridized carbons (Fsp3) is 0.300. The predicted octanol–water partition coefficient (Wildman–Crippen LogP) is 1.03. The van der Waals surface area contributed by atoms with Crippen molar-refractivity contribution in [3.63, 3.8) is 0 Å². The summed E-state index contributed by atoms with van der Waals surface area (Å²) in [6.45, 7) is 1.92. The van der Waals surface area contributed by atoms with Crippen LogP contribution in [0.3, 0.4) is 0 Å². The SMILES string of the molecule is CC(N)Cc1cc(C#N)ccc1N. The van der Waals surface area contributed by atoms with Gasteiger partial charge in [-0.15, -0.1) is 0 Å². The monoisotopic (exact) mass is 175 g/mol. The number of nitrogens with zero attached hydrogens (tertiary/aromatic N) is 1. The van der Waals surface area contributed by atoms with E-state index in [2.05, 4.69) is 6.07 Å². The van der Waals surface area contributed by atoms with Crippen molar-refractivity contribution in [3.8, 4) is 6.07 Å². The van der Waals surface area contributed by atoms with Gasteiger partial charge in [0.15, 0.2) is 0 Å². The molecule has 0 aliphatic heterocycles. The summed E-state index contributed by atoms with van der Waals surface area (Å²) in [5.41, 5.74) is 13.7. The van der Waals surface area contributed by atoms with Crippen LogP contribution >= 0.6 is 0 Å². The van der Waals surface area contributed by atoms with Crippen LogP contribution in [0.15, 0.2) is 18.2 Å². The Balaban J connectivity index is 2.99. The van der Waals surface area contributed by atoms with Gasteiger partial charge < -0.3 is 11.5 Å². The van der Waals surface area contributed by atoms with Crippen molar-refractivity contribution in [2.45, 2.75) is 19.4 Å². The maximum Gasteiger partial charge on any atom is 0.0991 e. The number of anilines is 1. The van der Waals surface area contributed by atoms with Gasteiger partial charge in [-0.25, -0.2) is 0 Å². The number of benzene rings is 1. The summed E-state index contributed by atoms with van der Waals surface area (Å²) in [4.78, 5) is 0. The lowest BCUT2D eigenvalue weighted by atomic mass is 10.0. The van der Waals surface area contributed by atoms with Crippen LogP contribution < -0.4 is 11.5 Å². The van der Waals surface area contributed by atoms with Crippen LogP contribution in [0.5, 0.6) is 0 Å². The van der Waals surface area contributed by atoms with Gasteiger partial charge in [-0.1, -0.05) is 0 Å². The molecule has 0 heterocycles. The highest BCUT2D eigenvalue weighted by molar-refractivity contribution is 5.51. The minimum Gasteiger partial charge on any atom is -0.399 e. The van der Waals surface area contributed by atoms with E-state index in [9.17, 15) is 0 Å². The van der Waals surface area contributed by atoms with Gasteiger partial charge in [0.1, 0.15) is 0 Å². The average molecular weight is 175 g/mol. The highest BCUT2D eigenvalue weighted by Crippen LogP contribution is 2.15. The molecule has 13 heavy (non-hydrogen) atoms. The summed E-state index contributed by atoms with van der Waals surface area (Å²) >= 11 is 0. The minimum atomic E-state index is 0.0660. The summed E-state index contributed by atoms with van der Waals surface area (Å²) in [5, 5.41) is 8.66. The molecule has 0 saturated heterocycles. The quantitative estimate of drug-likeness (QED) is 0.659. The topological polar surface area (TPSA) is 75.8 Å². The predicted molar refractivity (Wildman–Crippen MR) is 52.9 cm³/mol. The Labute approximate surface area is 78.0 Å². The Kier molecular flexibility index (Phi) is 2.88. The van der Waals surface area contributed by atoms with Gasteiger partial charge in [0.2, 0.25) is 0 Å². The van der Waals surface area contributed by atoms with Crippen molar-refractivity contribution in [3.05, 3.63) is 29.3 Å². The van der Waals surface area contributed by atoms with Crippen molar-refractivity contribution in [1.82, 2.24) is 0 Å². The summed E-state index contributed by atoms with van der Waals surface area (Å²) in [6, 6.07) is 7.38. The van der Waals surface area contributed by atoms with Crippen LogP contribution in [0, 0.1) is 11.3 Å². The van der Waals surface area contributed by atoms with Gasteiger partial charge >= 0.3 is 0 Å². The maximum absolute atomic E-state index is 8.66. The lowest BCUT2D eigenvalue weighted by Crippen LogP contribution is -2.18. The Morgan fingerprint density at radius 1 is 1.54 bits per heavy atom. The molecule has 1 aromatic rings. The first-order valence-corrected chi connectivity index (χ1v) is 4.17. The van der Waals surface area contributed by atoms with E-state index in [0.29, 0.717) is 17.7 Å². The van der Waals surface area contributed by atoms with Crippen molar-refractivity contribution < 1.29 is 0 Å². The Morgan fingerprint density at radius 3 is 2.77 bits per heavy atom. The number of hydrogen-bond acceptors (Lipinski definition) is 3. The third kappa shape index (κ3) is 2.46. The number of nitriles is 1. The number of nitrogens with two attached hydrogens (primary N) is 2. The third-order valence-corrected chi connectivity index (χ3v) is 1.81. The van der Waals surface area contributed by atoms with E-state index in [1.165, 1.54) is 0 Å². The molecule has 0 spiro atoms. The second-order valence-electron chi connectivity index (χ2n) is 3.21. The van der Waals surface area contributed by atoms with E-state index in [1.54, 1.807) is 18.2 Å². The molecule has 0 saturated carbocycles. The smallest absolute Gasteiger partial charge is 0.0991 e. The first-order valence-electron chi connectivity index (χ1n) is 4.17. The van der Waals surface area contributed by atoms with Crippen LogP contribution in [-0.2, 0) is 6.42 Å². The van der Waals surface area contributed by atoms with Crippen LogP contribution in [-0.4, -0.2) is 6.04 Å². The Morgan fingerprint density at radius 2 is 2.23 bits per heavy atom. The molecule has 0 amide bonds. The summed E-state index contributed by atoms with van der Waals surface area (Å²) in [7, 11) is 0. The fourth-order valence-electron chi connectivity index (χ4n) is 1.20. The van der Waals surface area contributed by atoms with E-state index in [1.807, 2.05) is 6.92 Å². The maximum atomic E-state index is 8.66. The molecule has 3 heteroatoms. The highest BCUT2D eigenvalue weighted by atomic mass is 14.6. The molecular weight excluding hydrogens is 162 g/mol. The highest BCUT2D eigenvalue weighted by Gasteiger charge is 2.03. The summed E-state index contributed by atoms with van der Waals surface area (Å²) < 4.78 is 0. The molecule has 0 bridgehead atoms. The van der Waals surface area contributed by atoms with E-state index in [-0.39, 0.29) is 6.04 Å². The van der Waals surface area contributed by atoms with Crippen LogP contribution in [0.25, 0.3) is 0 Å². The number of hydrogen-bond donors (Lipinski definition) is 2. The van der Waals surface area contributed by atoms with Gasteiger partial charge in [-0.05, 0) is 37.1 Å². The lowest BCUT2D eigenvalue weighted by Gasteiger charge is -2.08. The minimum absolute atomic E-state index is 0.0660. The molecule has 1 aromatic carbocycles. The zero-order valence-electron chi connectivity index (χ0n) is 7.62. The van der Waals surface area contributed by atoms with Crippen LogP contribution in [0.2, 0.25) is 0 Å². The van der Waals surface area contributed by atoms with Crippen molar-refractivity contribution in [2.24, 2.45) is 5.73 Å². The summed E-state index contributed by atoms with van der Waals surface area (Å²) in [5.74, 6) is 0. The molecule has 68 valence electrons.